The van der Waals surface area contributed by atoms with E-state index < -0.39 is 24.4 Å². The SMILES string of the molecule is CC(N)c1cc2cccc(OCC(F)(F)F)c2c(=O)n1-c1ccccc1. The van der Waals surface area contributed by atoms with Crippen molar-refractivity contribution in [1.29, 1.82) is 0 Å². The van der Waals surface area contributed by atoms with Gasteiger partial charge in [0.2, 0.25) is 0 Å². The zero-order chi connectivity index (χ0) is 18.9. The predicted octanol–water partition coefficient (Wildman–Crippen LogP) is 3.95. The number of nitrogens with two attached hydrogens (primary N) is 1. The summed E-state index contributed by atoms with van der Waals surface area (Å²) < 4.78 is 43.9. The van der Waals surface area contributed by atoms with Gasteiger partial charge in [-0.3, -0.25) is 9.36 Å². The van der Waals surface area contributed by atoms with E-state index in [9.17, 15) is 18.0 Å². The first-order valence-electron chi connectivity index (χ1n) is 7.97. The molecule has 3 rings (SSSR count). The number of halogens is 3. The third kappa shape index (κ3) is 3.57. The summed E-state index contributed by atoms with van der Waals surface area (Å²) in [7, 11) is 0. The zero-order valence-electron chi connectivity index (χ0n) is 14.0. The lowest BCUT2D eigenvalue weighted by molar-refractivity contribution is -0.153. The molecule has 0 aliphatic carbocycles. The van der Waals surface area contributed by atoms with Crippen LogP contribution in [-0.2, 0) is 0 Å². The Labute approximate surface area is 147 Å². The van der Waals surface area contributed by atoms with Crippen molar-refractivity contribution in [3.05, 3.63) is 70.6 Å². The number of pyridine rings is 1. The van der Waals surface area contributed by atoms with Gasteiger partial charge in [-0.15, -0.1) is 0 Å². The largest absolute Gasteiger partial charge is 0.483 e. The Bertz CT molecular complexity index is 980. The number of hydrogen-bond donors (Lipinski definition) is 1. The normalized spacial score (nSPS) is 13.0. The van der Waals surface area contributed by atoms with E-state index in [1.54, 1.807) is 55.5 Å². The van der Waals surface area contributed by atoms with E-state index in [2.05, 4.69) is 0 Å². The van der Waals surface area contributed by atoms with E-state index in [-0.39, 0.29) is 11.1 Å². The lowest BCUT2D eigenvalue weighted by Gasteiger charge is -2.18. The third-order valence-electron chi connectivity index (χ3n) is 3.91. The van der Waals surface area contributed by atoms with Gasteiger partial charge in [0.15, 0.2) is 6.61 Å². The lowest BCUT2D eigenvalue weighted by Crippen LogP contribution is -2.26. The van der Waals surface area contributed by atoms with E-state index in [0.29, 0.717) is 16.8 Å². The van der Waals surface area contributed by atoms with Gasteiger partial charge in [0, 0.05) is 17.4 Å². The number of rotatable bonds is 4. The van der Waals surface area contributed by atoms with Crippen molar-refractivity contribution in [3.8, 4) is 11.4 Å². The molecule has 7 heteroatoms. The molecule has 136 valence electrons. The molecule has 1 heterocycles. The van der Waals surface area contributed by atoms with Crippen molar-refractivity contribution < 1.29 is 17.9 Å². The van der Waals surface area contributed by atoms with Crippen molar-refractivity contribution in [3.63, 3.8) is 0 Å². The predicted molar refractivity (Wildman–Crippen MR) is 93.7 cm³/mol. The number of para-hydroxylation sites is 1. The van der Waals surface area contributed by atoms with Crippen molar-refractivity contribution >= 4 is 10.8 Å². The summed E-state index contributed by atoms with van der Waals surface area (Å²) in [5.41, 5.74) is 6.69. The molecule has 0 radical (unpaired) electrons. The number of fused-ring (bicyclic) bond motifs is 1. The highest BCUT2D eigenvalue weighted by molar-refractivity contribution is 5.88. The summed E-state index contributed by atoms with van der Waals surface area (Å²) in [6, 6.07) is 14.6. The highest BCUT2D eigenvalue weighted by Crippen LogP contribution is 2.27. The highest BCUT2D eigenvalue weighted by Gasteiger charge is 2.29. The van der Waals surface area contributed by atoms with Gasteiger partial charge in [0.25, 0.3) is 5.56 Å². The first-order valence-corrected chi connectivity index (χ1v) is 7.97. The molecule has 1 unspecified atom stereocenters. The molecule has 0 saturated carbocycles. The van der Waals surface area contributed by atoms with Crippen molar-refractivity contribution in [1.82, 2.24) is 4.57 Å². The molecule has 0 fully saturated rings. The monoisotopic (exact) mass is 362 g/mol. The Morgan fingerprint density at radius 1 is 1.12 bits per heavy atom. The number of nitrogens with zero attached hydrogens (tertiary/aromatic N) is 1. The number of hydrogen-bond acceptors (Lipinski definition) is 3. The summed E-state index contributed by atoms with van der Waals surface area (Å²) in [4.78, 5) is 13.1. The Morgan fingerprint density at radius 2 is 1.81 bits per heavy atom. The van der Waals surface area contributed by atoms with Gasteiger partial charge < -0.3 is 10.5 Å². The van der Waals surface area contributed by atoms with Crippen LogP contribution in [0.2, 0.25) is 0 Å². The van der Waals surface area contributed by atoms with Gasteiger partial charge in [0.1, 0.15) is 5.75 Å². The Morgan fingerprint density at radius 3 is 2.42 bits per heavy atom. The van der Waals surface area contributed by atoms with Gasteiger partial charge in [-0.1, -0.05) is 30.3 Å². The van der Waals surface area contributed by atoms with Crippen LogP contribution >= 0.6 is 0 Å². The molecule has 1 aromatic heterocycles. The maximum atomic E-state index is 13.1. The fourth-order valence-corrected chi connectivity index (χ4v) is 2.81. The molecule has 2 N–H and O–H groups in total. The molecule has 0 aliphatic rings. The molecule has 0 spiro atoms. The highest BCUT2D eigenvalue weighted by atomic mass is 19.4. The maximum absolute atomic E-state index is 13.1. The summed E-state index contributed by atoms with van der Waals surface area (Å²) in [6.45, 7) is 0.274. The average Bonchev–Trinajstić information content (AvgIpc) is 2.59. The van der Waals surface area contributed by atoms with Crippen molar-refractivity contribution in [2.75, 3.05) is 6.61 Å². The summed E-state index contributed by atoms with van der Waals surface area (Å²) >= 11 is 0. The Kier molecular flexibility index (Phi) is 4.73. The van der Waals surface area contributed by atoms with E-state index in [1.165, 1.54) is 10.6 Å². The molecule has 0 amide bonds. The van der Waals surface area contributed by atoms with Crippen molar-refractivity contribution in [2.24, 2.45) is 5.73 Å². The van der Waals surface area contributed by atoms with Gasteiger partial charge >= 0.3 is 6.18 Å². The van der Waals surface area contributed by atoms with Crippen LogP contribution in [0, 0.1) is 0 Å². The molecule has 2 aromatic carbocycles. The number of ether oxygens (including phenoxy) is 1. The minimum absolute atomic E-state index is 0.0880. The second kappa shape index (κ2) is 6.84. The van der Waals surface area contributed by atoms with E-state index in [1.807, 2.05) is 0 Å². The molecule has 1 atom stereocenters. The first-order chi connectivity index (χ1) is 12.3. The van der Waals surface area contributed by atoms with E-state index >= 15 is 0 Å². The van der Waals surface area contributed by atoms with Crippen LogP contribution in [0.4, 0.5) is 13.2 Å². The van der Waals surface area contributed by atoms with Crippen molar-refractivity contribution in [2.45, 2.75) is 19.1 Å². The molecular weight excluding hydrogens is 345 g/mol. The van der Waals surface area contributed by atoms with Gasteiger partial charge in [-0.05, 0) is 36.6 Å². The van der Waals surface area contributed by atoms with Crippen LogP contribution in [0.15, 0.2) is 59.4 Å². The summed E-state index contributed by atoms with van der Waals surface area (Å²) in [5, 5.41) is 0.569. The van der Waals surface area contributed by atoms with Crippen LogP contribution in [0.5, 0.6) is 5.75 Å². The minimum Gasteiger partial charge on any atom is -0.483 e. The summed E-state index contributed by atoms with van der Waals surface area (Å²) in [6.07, 6.45) is -4.49. The standard InChI is InChI=1S/C19H17F3N2O2/c1-12(23)15-10-13-6-5-9-16(26-11-19(20,21)22)17(13)18(25)24(15)14-7-3-2-4-8-14/h2-10,12H,11,23H2,1H3. The van der Waals surface area contributed by atoms with Gasteiger partial charge in [-0.25, -0.2) is 0 Å². The zero-order valence-corrected chi connectivity index (χ0v) is 14.0. The molecular formula is C19H17F3N2O2. The molecule has 26 heavy (non-hydrogen) atoms. The van der Waals surface area contributed by atoms with E-state index in [4.69, 9.17) is 10.5 Å². The van der Waals surface area contributed by atoms with E-state index in [0.717, 1.165) is 0 Å². The maximum Gasteiger partial charge on any atom is 0.422 e. The van der Waals surface area contributed by atoms with Crippen LogP contribution in [-0.4, -0.2) is 17.4 Å². The fraction of sp³-hybridized carbons (Fsp3) is 0.211. The molecule has 0 aliphatic heterocycles. The topological polar surface area (TPSA) is 57.2 Å². The molecule has 3 aromatic rings. The lowest BCUT2D eigenvalue weighted by atomic mass is 10.1. The van der Waals surface area contributed by atoms with Crippen LogP contribution in [0.25, 0.3) is 16.5 Å². The molecule has 4 nitrogen and oxygen atoms in total. The Balaban J connectivity index is 2.27. The molecule has 0 saturated heterocycles. The quantitative estimate of drug-likeness (QED) is 0.765. The summed E-state index contributed by atoms with van der Waals surface area (Å²) in [5.74, 6) is -0.106. The number of benzene rings is 2. The third-order valence-corrected chi connectivity index (χ3v) is 3.91. The fourth-order valence-electron chi connectivity index (χ4n) is 2.81. The van der Waals surface area contributed by atoms with Crippen LogP contribution in [0.3, 0.4) is 0 Å². The van der Waals surface area contributed by atoms with Crippen LogP contribution < -0.4 is 16.0 Å². The second-order valence-corrected chi connectivity index (χ2v) is 5.96. The smallest absolute Gasteiger partial charge is 0.422 e. The first kappa shape index (κ1) is 18.0. The minimum atomic E-state index is -4.49. The van der Waals surface area contributed by atoms with Gasteiger partial charge in [-0.2, -0.15) is 13.2 Å². The number of alkyl halides is 3. The molecule has 0 bridgehead atoms. The second-order valence-electron chi connectivity index (χ2n) is 5.96. The van der Waals surface area contributed by atoms with Crippen LogP contribution in [0.1, 0.15) is 18.7 Å². The average molecular weight is 362 g/mol. The number of aromatic nitrogens is 1. The Hall–Kier alpha value is -2.80. The van der Waals surface area contributed by atoms with Gasteiger partial charge in [0.05, 0.1) is 5.39 Å².